The van der Waals surface area contributed by atoms with E-state index >= 15 is 0 Å². The molecule has 2 aromatic heterocycles. The Morgan fingerprint density at radius 2 is 1.69 bits per heavy atom. The molecule has 1 atom stereocenters. The summed E-state index contributed by atoms with van der Waals surface area (Å²) >= 11 is 15.9. The van der Waals surface area contributed by atoms with Crippen LogP contribution in [0.1, 0.15) is 18.1 Å². The Morgan fingerprint density at radius 1 is 1.00 bits per heavy atom. The molecule has 0 fully saturated rings. The number of pyridine rings is 1. The number of aromatic nitrogens is 3. The lowest BCUT2D eigenvalue weighted by Gasteiger charge is -2.26. The van der Waals surface area contributed by atoms with E-state index in [4.69, 9.17) is 23.2 Å². The summed E-state index contributed by atoms with van der Waals surface area (Å²) in [5.74, 6) is -0.440. The van der Waals surface area contributed by atoms with E-state index in [-0.39, 0.29) is 29.1 Å². The minimum atomic E-state index is -3.89. The van der Waals surface area contributed by atoms with Crippen molar-refractivity contribution in [2.75, 3.05) is 4.90 Å². The molecule has 2 aromatic carbocycles. The Balaban J connectivity index is 1.68. The second-order valence-corrected chi connectivity index (χ2v) is 12.4. The van der Waals surface area contributed by atoms with Gasteiger partial charge in [0.1, 0.15) is 5.54 Å². The molecule has 4 aromatic rings. The molecule has 1 amide bonds. The quantitative estimate of drug-likeness (QED) is 0.271. The highest BCUT2D eigenvalue weighted by Gasteiger charge is 2.51. The molecule has 1 aliphatic heterocycles. The maximum atomic E-state index is 14.0. The molecular formula is C25H19BrCl2N4O3S. The zero-order chi connectivity index (χ0) is 25.7. The number of fused-ring (bicyclic) bond motifs is 1. The van der Waals surface area contributed by atoms with Gasteiger partial charge >= 0.3 is 0 Å². The summed E-state index contributed by atoms with van der Waals surface area (Å²) < 4.78 is 29.6. The number of amides is 1. The van der Waals surface area contributed by atoms with Crippen molar-refractivity contribution in [2.24, 2.45) is 0 Å². The van der Waals surface area contributed by atoms with Gasteiger partial charge in [0.25, 0.3) is 5.91 Å². The van der Waals surface area contributed by atoms with Crippen molar-refractivity contribution in [3.05, 3.63) is 98.8 Å². The topological polar surface area (TPSA) is 85.2 Å². The predicted molar refractivity (Wildman–Crippen MR) is 142 cm³/mol. The Bertz CT molecular complexity index is 1560. The largest absolute Gasteiger partial charge is 0.285 e. The van der Waals surface area contributed by atoms with E-state index in [0.29, 0.717) is 21.3 Å². The molecule has 36 heavy (non-hydrogen) atoms. The van der Waals surface area contributed by atoms with Gasteiger partial charge in [-0.1, -0.05) is 57.3 Å². The van der Waals surface area contributed by atoms with Crippen LogP contribution in [0.2, 0.25) is 10.0 Å². The van der Waals surface area contributed by atoms with E-state index in [9.17, 15) is 13.2 Å². The number of anilines is 2. The van der Waals surface area contributed by atoms with Crippen LogP contribution in [0.25, 0.3) is 0 Å². The van der Waals surface area contributed by atoms with Crippen molar-refractivity contribution < 1.29 is 13.2 Å². The van der Waals surface area contributed by atoms with Gasteiger partial charge in [-0.15, -0.1) is 0 Å². The van der Waals surface area contributed by atoms with Crippen LogP contribution >= 0.6 is 39.1 Å². The number of sulfone groups is 1. The Kier molecular flexibility index (Phi) is 6.45. The first-order valence-electron chi connectivity index (χ1n) is 10.8. The average Bonchev–Trinajstić information content (AvgIpc) is 3.34. The summed E-state index contributed by atoms with van der Waals surface area (Å²) in [5.41, 5.74) is 0.507. The molecule has 0 aliphatic carbocycles. The molecule has 184 valence electrons. The monoisotopic (exact) mass is 604 g/mol. The molecule has 3 heterocycles. The Morgan fingerprint density at radius 3 is 2.33 bits per heavy atom. The number of nitrogens with zero attached hydrogens (tertiary/aromatic N) is 4. The maximum absolute atomic E-state index is 14.0. The highest BCUT2D eigenvalue weighted by molar-refractivity contribution is 9.10. The highest BCUT2D eigenvalue weighted by atomic mass is 79.9. The number of hydrogen-bond donors (Lipinski definition) is 0. The molecule has 11 heteroatoms. The van der Waals surface area contributed by atoms with E-state index in [0.717, 1.165) is 10.0 Å². The van der Waals surface area contributed by atoms with Crippen molar-refractivity contribution in [1.29, 1.82) is 0 Å². The first kappa shape index (κ1) is 25.0. The second-order valence-electron chi connectivity index (χ2n) is 8.70. The minimum absolute atomic E-state index is 0.0510. The predicted octanol–water partition coefficient (Wildman–Crippen LogP) is 5.96. The lowest BCUT2D eigenvalue weighted by Crippen LogP contribution is -2.42. The van der Waals surface area contributed by atoms with Gasteiger partial charge in [-0.05, 0) is 54.4 Å². The van der Waals surface area contributed by atoms with E-state index < -0.39 is 15.4 Å². The van der Waals surface area contributed by atoms with Gasteiger partial charge in [-0.25, -0.2) is 18.3 Å². The second kappa shape index (κ2) is 9.30. The third-order valence-electron chi connectivity index (χ3n) is 6.03. The standard InChI is InChI=1S/C25H19BrCl2N4O3S/c1-25(12-16-4-6-18(26)7-5-16)23(33)31(21-10-19(27)9-20(28)11-21)24-30-14-22(32(24)25)36(34,35)15-17-3-2-8-29-13-17/h2-11,13-14H,12,15H2,1H3/t25-/m1/s1. The van der Waals surface area contributed by atoms with Crippen molar-refractivity contribution in [3.8, 4) is 0 Å². The zero-order valence-electron chi connectivity index (χ0n) is 18.9. The summed E-state index contributed by atoms with van der Waals surface area (Å²) in [7, 11) is -3.89. The van der Waals surface area contributed by atoms with Gasteiger partial charge in [-0.2, -0.15) is 0 Å². The van der Waals surface area contributed by atoms with Gasteiger partial charge in [0.05, 0.1) is 17.6 Å². The van der Waals surface area contributed by atoms with Crippen molar-refractivity contribution >= 4 is 66.5 Å². The van der Waals surface area contributed by atoms with Gasteiger partial charge in [0.15, 0.2) is 14.9 Å². The van der Waals surface area contributed by atoms with E-state index in [1.54, 1.807) is 43.5 Å². The Labute approximate surface area is 226 Å². The summed E-state index contributed by atoms with van der Waals surface area (Å²) in [6, 6.07) is 15.7. The van der Waals surface area contributed by atoms with Crippen molar-refractivity contribution in [1.82, 2.24) is 14.5 Å². The van der Waals surface area contributed by atoms with Gasteiger partial charge in [0, 0.05) is 33.3 Å². The van der Waals surface area contributed by atoms with E-state index in [1.807, 2.05) is 24.3 Å². The molecule has 0 unspecified atom stereocenters. The van der Waals surface area contributed by atoms with Crippen LogP contribution in [0.4, 0.5) is 11.6 Å². The maximum Gasteiger partial charge on any atom is 0.260 e. The molecular weight excluding hydrogens is 587 g/mol. The highest BCUT2D eigenvalue weighted by Crippen LogP contribution is 2.44. The van der Waals surface area contributed by atoms with E-state index in [2.05, 4.69) is 25.9 Å². The number of halogens is 3. The number of hydrogen-bond acceptors (Lipinski definition) is 5. The molecule has 5 rings (SSSR count). The molecule has 0 saturated carbocycles. The SMILES string of the molecule is C[C@@]1(Cc2ccc(Br)cc2)C(=O)N(c2cc(Cl)cc(Cl)c2)c2ncc(S(=O)(=O)Cc3cccnc3)n21. The lowest BCUT2D eigenvalue weighted by molar-refractivity contribution is -0.124. The van der Waals surface area contributed by atoms with Gasteiger partial charge in [0.2, 0.25) is 5.95 Å². The molecule has 0 spiro atoms. The number of benzene rings is 2. The molecule has 7 nitrogen and oxygen atoms in total. The lowest BCUT2D eigenvalue weighted by atomic mass is 9.92. The van der Waals surface area contributed by atoms with Crippen LogP contribution in [0, 0.1) is 0 Å². The summed E-state index contributed by atoms with van der Waals surface area (Å²) in [6.07, 6.45) is 4.62. The smallest absolute Gasteiger partial charge is 0.260 e. The number of rotatable bonds is 6. The average molecular weight is 606 g/mol. The number of carbonyl (C=O) groups excluding carboxylic acids is 1. The fourth-order valence-corrected chi connectivity index (χ4v) is 6.74. The fraction of sp³-hybridized carbons (Fsp3) is 0.160. The normalized spacial score (nSPS) is 17.4. The Hall–Kier alpha value is -2.72. The first-order valence-corrected chi connectivity index (χ1v) is 14.0. The molecule has 0 N–H and O–H groups in total. The minimum Gasteiger partial charge on any atom is -0.285 e. The van der Waals surface area contributed by atoms with Crippen LogP contribution in [-0.4, -0.2) is 28.9 Å². The zero-order valence-corrected chi connectivity index (χ0v) is 22.8. The van der Waals surface area contributed by atoms with Gasteiger partial charge in [-0.3, -0.25) is 14.3 Å². The van der Waals surface area contributed by atoms with Crippen LogP contribution in [0.15, 0.2) is 82.7 Å². The third kappa shape index (κ3) is 4.45. The molecule has 0 saturated heterocycles. The van der Waals surface area contributed by atoms with E-state index in [1.165, 1.54) is 21.9 Å². The van der Waals surface area contributed by atoms with Crippen LogP contribution in [0.3, 0.4) is 0 Å². The third-order valence-corrected chi connectivity index (χ3v) is 8.64. The molecule has 0 radical (unpaired) electrons. The number of imidazole rings is 1. The van der Waals surface area contributed by atoms with Crippen LogP contribution < -0.4 is 4.90 Å². The van der Waals surface area contributed by atoms with Gasteiger partial charge < -0.3 is 0 Å². The van der Waals surface area contributed by atoms with Crippen LogP contribution in [-0.2, 0) is 32.3 Å². The van der Waals surface area contributed by atoms with Crippen molar-refractivity contribution in [2.45, 2.75) is 29.7 Å². The molecule has 1 aliphatic rings. The number of carbonyl (C=O) groups is 1. The summed E-state index contributed by atoms with van der Waals surface area (Å²) in [4.78, 5) is 23.8. The summed E-state index contributed by atoms with van der Waals surface area (Å²) in [5, 5.41) is 0.633. The first-order chi connectivity index (χ1) is 17.1. The van der Waals surface area contributed by atoms with Crippen molar-refractivity contribution in [3.63, 3.8) is 0 Å². The van der Waals surface area contributed by atoms with Crippen LogP contribution in [0.5, 0.6) is 0 Å². The fourth-order valence-electron chi connectivity index (χ4n) is 4.43. The molecule has 0 bridgehead atoms. The summed E-state index contributed by atoms with van der Waals surface area (Å²) in [6.45, 7) is 1.72.